The van der Waals surface area contributed by atoms with Gasteiger partial charge in [-0.15, -0.1) is 0 Å². The zero-order chi connectivity index (χ0) is 21.7. The Balaban J connectivity index is 2.00. The normalized spacial score (nSPS) is 11.1. The molecule has 30 heavy (non-hydrogen) atoms. The highest BCUT2D eigenvalue weighted by Gasteiger charge is 2.24. The molecule has 7 nitrogen and oxygen atoms in total. The maximum Gasteiger partial charge on any atom is 0.273 e. The Kier molecular flexibility index (Phi) is 6.37. The maximum absolute atomic E-state index is 12.6. The lowest BCUT2D eigenvalue weighted by molar-refractivity contribution is -0.384. The van der Waals surface area contributed by atoms with Gasteiger partial charge in [-0.3, -0.25) is 14.4 Å². The van der Waals surface area contributed by atoms with Crippen molar-refractivity contribution in [3.8, 4) is 5.75 Å². The standard InChI is InChI=1S/C22H22N2O5S/c1-17-8-10-18(11-9-17)15-23(30(2,27)28)21-13-12-20(24(25)26)14-22(21)29-16-19-6-4-3-5-7-19/h3-14H,15-16H2,1-2H3. The largest absolute Gasteiger partial charge is 0.486 e. The molecule has 0 amide bonds. The lowest BCUT2D eigenvalue weighted by Crippen LogP contribution is -2.29. The highest BCUT2D eigenvalue weighted by Crippen LogP contribution is 2.35. The van der Waals surface area contributed by atoms with E-state index in [1.54, 1.807) is 0 Å². The smallest absolute Gasteiger partial charge is 0.273 e. The van der Waals surface area contributed by atoms with Gasteiger partial charge in [0, 0.05) is 6.07 Å². The molecular weight excluding hydrogens is 404 g/mol. The zero-order valence-corrected chi connectivity index (χ0v) is 17.5. The highest BCUT2D eigenvalue weighted by molar-refractivity contribution is 7.92. The summed E-state index contributed by atoms with van der Waals surface area (Å²) in [5.74, 6) is 0.130. The summed E-state index contributed by atoms with van der Waals surface area (Å²) in [4.78, 5) is 10.7. The van der Waals surface area contributed by atoms with E-state index in [0.717, 1.165) is 22.9 Å². The van der Waals surface area contributed by atoms with E-state index < -0.39 is 14.9 Å². The second kappa shape index (κ2) is 8.96. The van der Waals surface area contributed by atoms with Gasteiger partial charge in [0.1, 0.15) is 6.61 Å². The van der Waals surface area contributed by atoms with Crippen LogP contribution >= 0.6 is 0 Å². The topological polar surface area (TPSA) is 89.8 Å². The zero-order valence-electron chi connectivity index (χ0n) is 16.7. The number of sulfonamides is 1. The quantitative estimate of drug-likeness (QED) is 0.392. The molecule has 0 saturated carbocycles. The van der Waals surface area contributed by atoms with Crippen LogP contribution in [0.5, 0.6) is 5.75 Å². The van der Waals surface area contributed by atoms with Gasteiger partial charge in [0.05, 0.1) is 29.5 Å². The molecule has 8 heteroatoms. The van der Waals surface area contributed by atoms with Crippen LogP contribution in [0.4, 0.5) is 11.4 Å². The Labute approximate surface area is 175 Å². The molecule has 0 saturated heterocycles. The van der Waals surface area contributed by atoms with Crippen LogP contribution in [0.25, 0.3) is 0 Å². The van der Waals surface area contributed by atoms with Crippen molar-refractivity contribution in [1.82, 2.24) is 0 Å². The Morgan fingerprint density at radius 3 is 2.23 bits per heavy atom. The van der Waals surface area contributed by atoms with Crippen LogP contribution in [0.2, 0.25) is 0 Å². The van der Waals surface area contributed by atoms with Crippen molar-refractivity contribution >= 4 is 21.4 Å². The number of hydrogen-bond donors (Lipinski definition) is 0. The third kappa shape index (κ3) is 5.36. The van der Waals surface area contributed by atoms with E-state index in [-0.39, 0.29) is 30.3 Å². The molecule has 0 aromatic heterocycles. The molecular formula is C22H22N2O5S. The van der Waals surface area contributed by atoms with Gasteiger partial charge >= 0.3 is 0 Å². The third-order valence-corrected chi connectivity index (χ3v) is 5.63. The van der Waals surface area contributed by atoms with Crippen molar-refractivity contribution in [1.29, 1.82) is 0 Å². The number of aryl methyl sites for hydroxylation is 1. The minimum atomic E-state index is -3.68. The van der Waals surface area contributed by atoms with Crippen LogP contribution in [0.15, 0.2) is 72.8 Å². The Morgan fingerprint density at radius 2 is 1.63 bits per heavy atom. The summed E-state index contributed by atoms with van der Waals surface area (Å²) in [7, 11) is -3.68. The first-order valence-corrected chi connectivity index (χ1v) is 11.1. The first-order chi connectivity index (χ1) is 14.2. The lowest BCUT2D eigenvalue weighted by Gasteiger charge is -2.25. The number of ether oxygens (including phenoxy) is 1. The molecule has 0 heterocycles. The summed E-state index contributed by atoms with van der Waals surface area (Å²) < 4.78 is 32.2. The van der Waals surface area contributed by atoms with E-state index in [4.69, 9.17) is 4.74 Å². The summed E-state index contributed by atoms with van der Waals surface area (Å²) in [5.41, 5.74) is 2.79. The SMILES string of the molecule is Cc1ccc(CN(c2ccc([N+](=O)[O-])cc2OCc2ccccc2)S(C)(=O)=O)cc1. The monoisotopic (exact) mass is 426 g/mol. The third-order valence-electron chi connectivity index (χ3n) is 4.51. The van der Waals surface area contributed by atoms with E-state index >= 15 is 0 Å². The molecule has 0 fully saturated rings. The molecule has 0 N–H and O–H groups in total. The molecule has 0 unspecified atom stereocenters. The molecule has 0 aliphatic heterocycles. The molecule has 0 aliphatic rings. The minimum Gasteiger partial charge on any atom is -0.486 e. The van der Waals surface area contributed by atoms with Crippen molar-refractivity contribution < 1.29 is 18.1 Å². The average Bonchev–Trinajstić information content (AvgIpc) is 2.71. The number of anilines is 1. The number of non-ortho nitro benzene ring substituents is 1. The summed E-state index contributed by atoms with van der Waals surface area (Å²) in [5, 5.41) is 11.2. The maximum atomic E-state index is 12.6. The van der Waals surface area contributed by atoms with Crippen molar-refractivity contribution in [3.05, 3.63) is 99.6 Å². The first-order valence-electron chi connectivity index (χ1n) is 9.22. The van der Waals surface area contributed by atoms with Crippen LogP contribution < -0.4 is 9.04 Å². The second-order valence-corrected chi connectivity index (χ2v) is 8.85. The van der Waals surface area contributed by atoms with Crippen molar-refractivity contribution in [2.45, 2.75) is 20.1 Å². The van der Waals surface area contributed by atoms with Crippen molar-refractivity contribution in [3.63, 3.8) is 0 Å². The number of hydrogen-bond acceptors (Lipinski definition) is 5. The van der Waals surface area contributed by atoms with E-state index in [2.05, 4.69) is 0 Å². The Morgan fingerprint density at radius 1 is 0.967 bits per heavy atom. The molecule has 0 radical (unpaired) electrons. The molecule has 3 rings (SSSR count). The highest BCUT2D eigenvalue weighted by atomic mass is 32.2. The first kappa shape index (κ1) is 21.3. The molecule has 0 atom stereocenters. The predicted molar refractivity (Wildman–Crippen MR) is 116 cm³/mol. The Bertz CT molecular complexity index is 1130. The minimum absolute atomic E-state index is 0.0820. The van der Waals surface area contributed by atoms with Gasteiger partial charge in [0.15, 0.2) is 5.75 Å². The van der Waals surface area contributed by atoms with E-state index in [9.17, 15) is 18.5 Å². The van der Waals surface area contributed by atoms with Crippen molar-refractivity contribution in [2.24, 2.45) is 0 Å². The van der Waals surface area contributed by atoms with Crippen LogP contribution in [0.3, 0.4) is 0 Å². The summed E-state index contributed by atoms with van der Waals surface area (Å²) in [6.45, 7) is 2.18. The predicted octanol–water partition coefficient (Wildman–Crippen LogP) is 4.45. The van der Waals surface area contributed by atoms with Gasteiger partial charge in [-0.05, 0) is 24.1 Å². The van der Waals surface area contributed by atoms with Crippen LogP contribution in [0, 0.1) is 17.0 Å². The van der Waals surface area contributed by atoms with Crippen LogP contribution in [-0.4, -0.2) is 19.6 Å². The summed E-state index contributed by atoms with van der Waals surface area (Å²) >= 11 is 0. The fourth-order valence-electron chi connectivity index (χ4n) is 2.91. The fourth-order valence-corrected chi connectivity index (χ4v) is 3.81. The van der Waals surface area contributed by atoms with Gasteiger partial charge in [-0.2, -0.15) is 0 Å². The van der Waals surface area contributed by atoms with Crippen LogP contribution in [0.1, 0.15) is 16.7 Å². The molecule has 3 aromatic rings. The second-order valence-electron chi connectivity index (χ2n) is 6.94. The van der Waals surface area contributed by atoms with Gasteiger partial charge in [0.25, 0.3) is 5.69 Å². The molecule has 0 bridgehead atoms. The number of nitro groups is 1. The van der Waals surface area contributed by atoms with E-state index in [0.29, 0.717) is 0 Å². The van der Waals surface area contributed by atoms with E-state index in [1.165, 1.54) is 22.5 Å². The molecule has 3 aromatic carbocycles. The van der Waals surface area contributed by atoms with E-state index in [1.807, 2.05) is 61.5 Å². The van der Waals surface area contributed by atoms with Gasteiger partial charge in [-0.1, -0.05) is 60.2 Å². The fraction of sp³-hybridized carbons (Fsp3) is 0.182. The van der Waals surface area contributed by atoms with Crippen molar-refractivity contribution in [2.75, 3.05) is 10.6 Å². The summed E-state index contributed by atoms with van der Waals surface area (Å²) in [6.07, 6.45) is 1.10. The number of nitrogens with zero attached hydrogens (tertiary/aromatic N) is 2. The lowest BCUT2D eigenvalue weighted by atomic mass is 10.1. The summed E-state index contributed by atoms with van der Waals surface area (Å²) in [6, 6.07) is 20.7. The number of benzene rings is 3. The average molecular weight is 426 g/mol. The molecule has 156 valence electrons. The van der Waals surface area contributed by atoms with Gasteiger partial charge < -0.3 is 4.74 Å². The van der Waals surface area contributed by atoms with Gasteiger partial charge in [0.2, 0.25) is 10.0 Å². The molecule has 0 spiro atoms. The Hall–Kier alpha value is -3.39. The van der Waals surface area contributed by atoms with Crippen LogP contribution in [-0.2, 0) is 23.2 Å². The molecule has 0 aliphatic carbocycles. The number of nitro benzene ring substituents is 1. The number of rotatable bonds is 8. The van der Waals surface area contributed by atoms with Gasteiger partial charge in [-0.25, -0.2) is 8.42 Å².